The van der Waals surface area contributed by atoms with Crippen LogP contribution in [-0.4, -0.2) is 22.9 Å². The molecule has 1 saturated carbocycles. The molecule has 1 saturated heterocycles. The number of aromatic carboxylic acids is 1. The summed E-state index contributed by atoms with van der Waals surface area (Å²) >= 11 is 0. The van der Waals surface area contributed by atoms with Crippen LogP contribution in [0.4, 0.5) is 5.69 Å². The summed E-state index contributed by atoms with van der Waals surface area (Å²) in [4.78, 5) is 37.2. The summed E-state index contributed by atoms with van der Waals surface area (Å²) < 4.78 is 0. The first-order valence-corrected chi connectivity index (χ1v) is 6.71. The quantitative estimate of drug-likeness (QED) is 0.835. The molecule has 1 heterocycles. The number of hydrogen-bond acceptors (Lipinski definition) is 3. The third kappa shape index (κ3) is 1.73. The third-order valence-electron chi connectivity index (χ3n) is 4.25. The van der Waals surface area contributed by atoms with Gasteiger partial charge in [0.2, 0.25) is 11.8 Å². The molecular formula is C15H15NO4. The Bertz CT molecular complexity index is 586. The number of carboxylic acid groups (broad SMARTS) is 1. The number of benzene rings is 1. The highest BCUT2D eigenvalue weighted by Gasteiger charge is 2.52. The Hall–Kier alpha value is -2.17. The van der Waals surface area contributed by atoms with Crippen molar-refractivity contribution in [3.05, 3.63) is 29.8 Å². The first-order chi connectivity index (χ1) is 9.50. The second-order valence-corrected chi connectivity index (χ2v) is 5.62. The van der Waals surface area contributed by atoms with Gasteiger partial charge in [-0.05, 0) is 30.9 Å². The fraction of sp³-hybridized carbons (Fsp3) is 0.400. The lowest BCUT2D eigenvalue weighted by molar-refractivity contribution is -0.123. The number of anilines is 1. The monoisotopic (exact) mass is 273 g/mol. The molecule has 2 atom stereocenters. The van der Waals surface area contributed by atoms with Crippen molar-refractivity contribution >= 4 is 23.5 Å². The molecular weight excluding hydrogens is 258 g/mol. The highest BCUT2D eigenvalue weighted by molar-refractivity contribution is 6.24. The van der Waals surface area contributed by atoms with Crippen molar-refractivity contribution in [3.8, 4) is 0 Å². The molecule has 2 aliphatic rings. The lowest BCUT2D eigenvalue weighted by Crippen LogP contribution is -2.33. The number of rotatable bonds is 2. The maximum Gasteiger partial charge on any atom is 0.337 e. The van der Waals surface area contributed by atoms with Gasteiger partial charge >= 0.3 is 5.97 Å². The number of carboxylic acids is 1. The second-order valence-electron chi connectivity index (χ2n) is 5.62. The van der Waals surface area contributed by atoms with E-state index in [0.717, 1.165) is 4.90 Å². The number of carbonyl (C=O) groups is 3. The lowest BCUT2D eigenvalue weighted by Gasteiger charge is -2.18. The molecule has 2 fully saturated rings. The van der Waals surface area contributed by atoms with Crippen LogP contribution in [0.1, 0.15) is 30.1 Å². The van der Waals surface area contributed by atoms with Gasteiger partial charge < -0.3 is 5.11 Å². The van der Waals surface area contributed by atoms with E-state index in [1.807, 2.05) is 6.92 Å². The van der Waals surface area contributed by atoms with Crippen LogP contribution in [0, 0.1) is 17.8 Å². The van der Waals surface area contributed by atoms with Crippen LogP contribution in [0.3, 0.4) is 0 Å². The van der Waals surface area contributed by atoms with Crippen LogP contribution < -0.4 is 4.90 Å². The zero-order valence-electron chi connectivity index (χ0n) is 11.1. The fourth-order valence-electron chi connectivity index (χ4n) is 3.36. The van der Waals surface area contributed by atoms with E-state index in [1.54, 1.807) is 12.1 Å². The molecule has 1 aliphatic heterocycles. The molecule has 104 valence electrons. The number of amides is 2. The number of nitrogens with zero attached hydrogens (tertiary/aromatic N) is 1. The van der Waals surface area contributed by atoms with Crippen molar-refractivity contribution in [1.82, 2.24) is 0 Å². The van der Waals surface area contributed by atoms with Crippen LogP contribution in [-0.2, 0) is 9.59 Å². The van der Waals surface area contributed by atoms with E-state index in [4.69, 9.17) is 0 Å². The topological polar surface area (TPSA) is 74.7 Å². The minimum atomic E-state index is -1.13. The number of carbonyl (C=O) groups excluding carboxylic acids is 2. The van der Waals surface area contributed by atoms with Gasteiger partial charge in [0, 0.05) is 0 Å². The van der Waals surface area contributed by atoms with E-state index >= 15 is 0 Å². The largest absolute Gasteiger partial charge is 0.478 e. The number of imide groups is 1. The van der Waals surface area contributed by atoms with Gasteiger partial charge in [-0.2, -0.15) is 0 Å². The van der Waals surface area contributed by atoms with E-state index in [9.17, 15) is 19.5 Å². The molecule has 0 aromatic heterocycles. The third-order valence-corrected chi connectivity index (χ3v) is 4.25. The Morgan fingerprint density at radius 3 is 2.25 bits per heavy atom. The summed E-state index contributed by atoms with van der Waals surface area (Å²) in [5.74, 6) is -1.82. The Labute approximate surface area is 116 Å². The van der Waals surface area contributed by atoms with Crippen molar-refractivity contribution in [2.45, 2.75) is 19.8 Å². The van der Waals surface area contributed by atoms with Crippen molar-refractivity contribution in [3.63, 3.8) is 0 Å². The predicted octanol–water partition coefficient (Wildman–Crippen LogP) is 1.92. The Morgan fingerprint density at radius 2 is 1.70 bits per heavy atom. The number of fused-ring (bicyclic) bond motifs is 1. The molecule has 2 amide bonds. The SMILES string of the molecule is CC1CC2C(=O)N(c3ccccc3C(=O)O)C(=O)C2C1. The van der Waals surface area contributed by atoms with Gasteiger partial charge in [0.15, 0.2) is 0 Å². The van der Waals surface area contributed by atoms with Gasteiger partial charge in [-0.3, -0.25) is 9.59 Å². The lowest BCUT2D eigenvalue weighted by atomic mass is 10.00. The molecule has 1 N–H and O–H groups in total. The smallest absolute Gasteiger partial charge is 0.337 e. The zero-order valence-corrected chi connectivity index (χ0v) is 11.1. The maximum atomic E-state index is 12.4. The second kappa shape index (κ2) is 4.44. The van der Waals surface area contributed by atoms with E-state index in [1.165, 1.54) is 12.1 Å². The first-order valence-electron chi connectivity index (χ1n) is 6.71. The van der Waals surface area contributed by atoms with E-state index < -0.39 is 5.97 Å². The van der Waals surface area contributed by atoms with Gasteiger partial charge in [-0.25, -0.2) is 9.69 Å². The van der Waals surface area contributed by atoms with Gasteiger partial charge in [-0.15, -0.1) is 0 Å². The van der Waals surface area contributed by atoms with Gasteiger partial charge in [-0.1, -0.05) is 19.1 Å². The molecule has 5 heteroatoms. The van der Waals surface area contributed by atoms with Crippen LogP contribution in [0.5, 0.6) is 0 Å². The van der Waals surface area contributed by atoms with Gasteiger partial charge in [0.05, 0.1) is 23.1 Å². The summed E-state index contributed by atoms with van der Waals surface area (Å²) in [5, 5.41) is 9.19. The van der Waals surface area contributed by atoms with Crippen molar-refractivity contribution in [2.24, 2.45) is 17.8 Å². The fourth-order valence-corrected chi connectivity index (χ4v) is 3.36. The average Bonchev–Trinajstić information content (AvgIpc) is 2.89. The van der Waals surface area contributed by atoms with Crippen LogP contribution >= 0.6 is 0 Å². The number of hydrogen-bond donors (Lipinski definition) is 1. The van der Waals surface area contributed by atoms with Crippen molar-refractivity contribution < 1.29 is 19.5 Å². The Morgan fingerprint density at radius 1 is 1.15 bits per heavy atom. The van der Waals surface area contributed by atoms with E-state index in [2.05, 4.69) is 0 Å². The molecule has 1 aliphatic carbocycles. The van der Waals surface area contributed by atoms with Crippen LogP contribution in [0.15, 0.2) is 24.3 Å². The van der Waals surface area contributed by atoms with E-state index in [0.29, 0.717) is 18.8 Å². The summed E-state index contributed by atoms with van der Waals surface area (Å²) in [5.41, 5.74) is 0.180. The highest BCUT2D eigenvalue weighted by Crippen LogP contribution is 2.44. The zero-order chi connectivity index (χ0) is 14.4. The van der Waals surface area contributed by atoms with Gasteiger partial charge in [0.1, 0.15) is 0 Å². The predicted molar refractivity (Wildman–Crippen MR) is 71.3 cm³/mol. The molecule has 3 rings (SSSR count). The maximum absolute atomic E-state index is 12.4. The summed E-state index contributed by atoms with van der Waals surface area (Å²) in [6.45, 7) is 2.04. The normalized spacial score (nSPS) is 28.9. The Balaban J connectivity index is 2.03. The minimum Gasteiger partial charge on any atom is -0.478 e. The number of para-hydroxylation sites is 1. The van der Waals surface area contributed by atoms with Crippen LogP contribution in [0.2, 0.25) is 0 Å². The van der Waals surface area contributed by atoms with Crippen molar-refractivity contribution in [2.75, 3.05) is 4.90 Å². The highest BCUT2D eigenvalue weighted by atomic mass is 16.4. The molecule has 0 bridgehead atoms. The van der Waals surface area contributed by atoms with Gasteiger partial charge in [0.25, 0.3) is 0 Å². The molecule has 1 aromatic rings. The van der Waals surface area contributed by atoms with E-state index in [-0.39, 0.29) is 34.9 Å². The first kappa shape index (κ1) is 12.8. The van der Waals surface area contributed by atoms with Crippen molar-refractivity contribution in [1.29, 1.82) is 0 Å². The standard InChI is InChI=1S/C15H15NO4/c1-8-6-10-11(7-8)14(18)16(13(10)17)12-5-3-2-4-9(12)15(19)20/h2-5,8,10-11H,6-7H2,1H3,(H,19,20). The molecule has 5 nitrogen and oxygen atoms in total. The molecule has 0 radical (unpaired) electrons. The molecule has 20 heavy (non-hydrogen) atoms. The summed E-state index contributed by atoms with van der Waals surface area (Å²) in [6.07, 6.45) is 1.42. The minimum absolute atomic E-state index is 0.0118. The Kier molecular flexibility index (Phi) is 2.85. The summed E-state index contributed by atoms with van der Waals surface area (Å²) in [6, 6.07) is 6.15. The average molecular weight is 273 g/mol. The molecule has 2 unspecified atom stereocenters. The van der Waals surface area contributed by atoms with Crippen LogP contribution in [0.25, 0.3) is 0 Å². The summed E-state index contributed by atoms with van der Waals surface area (Å²) in [7, 11) is 0. The molecule has 0 spiro atoms. The molecule has 1 aromatic carbocycles.